The Hall–Kier alpha value is -1.61. The van der Waals surface area contributed by atoms with E-state index in [1.54, 1.807) is 0 Å². The first-order chi connectivity index (χ1) is 7.90. The Balaban J connectivity index is 2.04. The van der Waals surface area contributed by atoms with Crippen molar-refractivity contribution in [2.45, 2.75) is 26.1 Å². The molecule has 0 saturated carbocycles. The molecule has 3 nitrogen and oxygen atoms in total. The molecule has 0 radical (unpaired) electrons. The summed E-state index contributed by atoms with van der Waals surface area (Å²) in [4.78, 5) is 0. The molecule has 0 spiro atoms. The van der Waals surface area contributed by atoms with Crippen LogP contribution in [0.5, 0.6) is 0 Å². The van der Waals surface area contributed by atoms with Gasteiger partial charge in [-0.15, -0.1) is 0 Å². The van der Waals surface area contributed by atoms with Gasteiger partial charge in [0.2, 0.25) is 0 Å². The highest BCUT2D eigenvalue weighted by atomic mass is 15.3. The Morgan fingerprint density at radius 3 is 3.12 bits per heavy atom. The molecule has 2 heterocycles. The van der Waals surface area contributed by atoms with Gasteiger partial charge in [0, 0.05) is 19.3 Å². The van der Waals surface area contributed by atoms with Crippen LogP contribution in [0.4, 0.5) is 0 Å². The molecule has 16 heavy (non-hydrogen) atoms. The standard InChI is InChI=1S/C13H15N3/c1-2-16-12(7-8-15-16)13-11-6-4-3-5-10(11)9-14-13/h3-8,13-14H,2,9H2,1H3. The summed E-state index contributed by atoms with van der Waals surface area (Å²) in [5.41, 5.74) is 4.04. The fourth-order valence-electron chi connectivity index (χ4n) is 2.42. The number of aryl methyl sites for hydroxylation is 1. The van der Waals surface area contributed by atoms with E-state index in [0.29, 0.717) is 6.04 Å². The SMILES string of the molecule is CCn1nccc1C1NCc2ccccc21. The second kappa shape index (κ2) is 3.76. The second-order valence-corrected chi connectivity index (χ2v) is 4.08. The monoisotopic (exact) mass is 213 g/mol. The van der Waals surface area contributed by atoms with Crippen LogP contribution in [0, 0.1) is 0 Å². The maximum Gasteiger partial charge on any atom is 0.0754 e. The van der Waals surface area contributed by atoms with Gasteiger partial charge in [-0.3, -0.25) is 4.68 Å². The minimum atomic E-state index is 0.304. The van der Waals surface area contributed by atoms with Gasteiger partial charge in [0.05, 0.1) is 11.7 Å². The molecule has 1 aliphatic rings. The number of aromatic nitrogens is 2. The Labute approximate surface area is 95.1 Å². The third-order valence-electron chi connectivity index (χ3n) is 3.21. The molecule has 1 unspecified atom stereocenters. The van der Waals surface area contributed by atoms with Crippen LogP contribution in [-0.2, 0) is 13.1 Å². The van der Waals surface area contributed by atoms with Gasteiger partial charge in [-0.1, -0.05) is 24.3 Å². The topological polar surface area (TPSA) is 29.9 Å². The molecular weight excluding hydrogens is 198 g/mol. The minimum Gasteiger partial charge on any atom is -0.301 e. The normalized spacial score (nSPS) is 18.7. The van der Waals surface area contributed by atoms with E-state index < -0.39 is 0 Å². The average Bonchev–Trinajstić information content (AvgIpc) is 2.94. The maximum absolute atomic E-state index is 4.33. The van der Waals surface area contributed by atoms with Gasteiger partial charge in [0.15, 0.2) is 0 Å². The van der Waals surface area contributed by atoms with Crippen LogP contribution in [0.25, 0.3) is 0 Å². The van der Waals surface area contributed by atoms with E-state index in [2.05, 4.69) is 52.4 Å². The smallest absolute Gasteiger partial charge is 0.0754 e. The quantitative estimate of drug-likeness (QED) is 0.828. The first kappa shape index (κ1) is 9.60. The van der Waals surface area contributed by atoms with Crippen LogP contribution in [-0.4, -0.2) is 9.78 Å². The molecule has 0 bridgehead atoms. The maximum atomic E-state index is 4.33. The summed E-state index contributed by atoms with van der Waals surface area (Å²) < 4.78 is 2.06. The lowest BCUT2D eigenvalue weighted by Gasteiger charge is -2.13. The first-order valence-electron chi connectivity index (χ1n) is 5.73. The predicted octanol–water partition coefficient (Wildman–Crippen LogP) is 2.10. The summed E-state index contributed by atoms with van der Waals surface area (Å²) in [5, 5.41) is 7.87. The summed E-state index contributed by atoms with van der Waals surface area (Å²) >= 11 is 0. The van der Waals surface area contributed by atoms with Crippen molar-refractivity contribution < 1.29 is 0 Å². The number of rotatable bonds is 2. The van der Waals surface area contributed by atoms with E-state index in [-0.39, 0.29) is 0 Å². The van der Waals surface area contributed by atoms with Gasteiger partial charge in [0.1, 0.15) is 0 Å². The Bertz CT molecular complexity index is 501. The van der Waals surface area contributed by atoms with Gasteiger partial charge >= 0.3 is 0 Å². The zero-order chi connectivity index (χ0) is 11.0. The van der Waals surface area contributed by atoms with Crippen molar-refractivity contribution in [2.75, 3.05) is 0 Å². The molecule has 82 valence electrons. The van der Waals surface area contributed by atoms with E-state index in [1.807, 2.05) is 6.20 Å². The highest BCUT2D eigenvalue weighted by molar-refractivity contribution is 5.38. The molecule has 1 atom stereocenters. The van der Waals surface area contributed by atoms with Crippen LogP contribution >= 0.6 is 0 Å². The van der Waals surface area contributed by atoms with Crippen molar-refractivity contribution in [2.24, 2.45) is 0 Å². The Morgan fingerprint density at radius 2 is 2.25 bits per heavy atom. The molecule has 1 aromatic carbocycles. The van der Waals surface area contributed by atoms with Crippen LogP contribution in [0.15, 0.2) is 36.5 Å². The number of nitrogens with one attached hydrogen (secondary N) is 1. The third kappa shape index (κ3) is 1.36. The molecule has 3 rings (SSSR count). The van der Waals surface area contributed by atoms with E-state index in [4.69, 9.17) is 0 Å². The number of nitrogens with zero attached hydrogens (tertiary/aromatic N) is 2. The van der Waals surface area contributed by atoms with Crippen molar-refractivity contribution in [1.82, 2.24) is 15.1 Å². The molecule has 3 heteroatoms. The number of hydrogen-bond donors (Lipinski definition) is 1. The van der Waals surface area contributed by atoms with Crippen LogP contribution in [0.2, 0.25) is 0 Å². The predicted molar refractivity (Wildman–Crippen MR) is 63.0 cm³/mol. The lowest BCUT2D eigenvalue weighted by molar-refractivity contribution is 0.559. The van der Waals surface area contributed by atoms with E-state index in [1.165, 1.54) is 16.8 Å². The molecule has 2 aromatic rings. The third-order valence-corrected chi connectivity index (χ3v) is 3.21. The Kier molecular flexibility index (Phi) is 2.26. The number of benzene rings is 1. The molecule has 1 aromatic heterocycles. The average molecular weight is 213 g/mol. The van der Waals surface area contributed by atoms with E-state index in [9.17, 15) is 0 Å². The first-order valence-corrected chi connectivity index (χ1v) is 5.73. The van der Waals surface area contributed by atoms with Crippen LogP contribution < -0.4 is 5.32 Å². The summed E-state index contributed by atoms with van der Waals surface area (Å²) in [6.45, 7) is 4.00. The molecule has 1 aliphatic heterocycles. The van der Waals surface area contributed by atoms with Crippen molar-refractivity contribution >= 4 is 0 Å². The van der Waals surface area contributed by atoms with Crippen molar-refractivity contribution in [3.05, 3.63) is 53.3 Å². The fourth-order valence-corrected chi connectivity index (χ4v) is 2.42. The highest BCUT2D eigenvalue weighted by Gasteiger charge is 2.24. The van der Waals surface area contributed by atoms with Crippen molar-refractivity contribution in [1.29, 1.82) is 0 Å². The molecule has 0 amide bonds. The van der Waals surface area contributed by atoms with Crippen molar-refractivity contribution in [3.63, 3.8) is 0 Å². The zero-order valence-corrected chi connectivity index (χ0v) is 9.35. The van der Waals surface area contributed by atoms with E-state index >= 15 is 0 Å². The van der Waals surface area contributed by atoms with Gasteiger partial charge in [0.25, 0.3) is 0 Å². The van der Waals surface area contributed by atoms with Crippen molar-refractivity contribution in [3.8, 4) is 0 Å². The summed E-state index contributed by atoms with van der Waals surface area (Å²) in [6, 6.07) is 11.0. The number of hydrogen-bond acceptors (Lipinski definition) is 2. The van der Waals surface area contributed by atoms with Gasteiger partial charge in [-0.2, -0.15) is 5.10 Å². The van der Waals surface area contributed by atoms with Gasteiger partial charge in [-0.25, -0.2) is 0 Å². The highest BCUT2D eigenvalue weighted by Crippen LogP contribution is 2.30. The van der Waals surface area contributed by atoms with Crippen LogP contribution in [0.3, 0.4) is 0 Å². The molecular formula is C13H15N3. The molecule has 0 fully saturated rings. The molecule has 0 saturated heterocycles. The van der Waals surface area contributed by atoms with Gasteiger partial charge < -0.3 is 5.32 Å². The largest absolute Gasteiger partial charge is 0.301 e. The Morgan fingerprint density at radius 1 is 1.38 bits per heavy atom. The fraction of sp³-hybridized carbons (Fsp3) is 0.308. The summed E-state index contributed by atoms with van der Waals surface area (Å²) in [7, 11) is 0. The lowest BCUT2D eigenvalue weighted by Crippen LogP contribution is -2.17. The molecule has 1 N–H and O–H groups in total. The lowest BCUT2D eigenvalue weighted by atomic mass is 10.0. The number of fused-ring (bicyclic) bond motifs is 1. The van der Waals surface area contributed by atoms with E-state index in [0.717, 1.165) is 13.1 Å². The van der Waals surface area contributed by atoms with Gasteiger partial charge in [-0.05, 0) is 24.1 Å². The summed E-state index contributed by atoms with van der Waals surface area (Å²) in [5.74, 6) is 0. The van der Waals surface area contributed by atoms with Crippen LogP contribution in [0.1, 0.15) is 29.8 Å². The second-order valence-electron chi connectivity index (χ2n) is 4.08. The summed E-state index contributed by atoms with van der Waals surface area (Å²) in [6.07, 6.45) is 1.88. The minimum absolute atomic E-state index is 0.304. The zero-order valence-electron chi connectivity index (χ0n) is 9.35. The molecule has 0 aliphatic carbocycles.